The van der Waals surface area contributed by atoms with Gasteiger partial charge in [-0.1, -0.05) is 17.7 Å². The zero-order valence-corrected chi connectivity index (χ0v) is 16.9. The first-order valence-corrected chi connectivity index (χ1v) is 9.69. The van der Waals surface area contributed by atoms with E-state index in [9.17, 15) is 23.2 Å². The molecule has 4 N–H and O–H groups in total. The predicted molar refractivity (Wildman–Crippen MR) is 110 cm³/mol. The fraction of sp³-hybridized carbons (Fsp3) is 0.286. The molecule has 0 bridgehead atoms. The maximum Gasteiger partial charge on any atom is 0.323 e. The number of urea groups is 1. The summed E-state index contributed by atoms with van der Waals surface area (Å²) in [5, 5.41) is 5.26. The fourth-order valence-corrected chi connectivity index (χ4v) is 3.30. The van der Waals surface area contributed by atoms with Crippen molar-refractivity contribution in [3.8, 4) is 0 Å². The quantitative estimate of drug-likeness (QED) is 0.669. The minimum atomic E-state index is -1.30. The molecule has 1 atom stereocenters. The standard InChI is InChI=1S/C21H23F2N5O3/c1-13-2-4-17(5-3-13)26-21(31)28-9-8-27(19(28)18(29)25-7-6-24)20(30)14-10-15(22)12-16(23)11-14/h2-5,10-12,19H,6-9,24H2,1H3,(H,25,29)(H,26,31). The highest BCUT2D eigenvalue weighted by Gasteiger charge is 2.43. The van der Waals surface area contributed by atoms with Crippen LogP contribution in [0.25, 0.3) is 0 Å². The highest BCUT2D eigenvalue weighted by atomic mass is 19.1. The first-order valence-electron chi connectivity index (χ1n) is 9.69. The van der Waals surface area contributed by atoms with Crippen LogP contribution >= 0.6 is 0 Å². The Morgan fingerprint density at radius 3 is 2.26 bits per heavy atom. The molecule has 0 aromatic heterocycles. The highest BCUT2D eigenvalue weighted by Crippen LogP contribution is 2.21. The molecule has 3 rings (SSSR count). The lowest BCUT2D eigenvalue weighted by atomic mass is 10.2. The van der Waals surface area contributed by atoms with Crippen molar-refractivity contribution >= 4 is 23.5 Å². The van der Waals surface area contributed by atoms with Crippen LogP contribution in [-0.2, 0) is 4.79 Å². The van der Waals surface area contributed by atoms with Crippen molar-refractivity contribution in [3.05, 3.63) is 65.2 Å². The lowest BCUT2D eigenvalue weighted by Crippen LogP contribution is -2.55. The van der Waals surface area contributed by atoms with E-state index in [2.05, 4.69) is 10.6 Å². The Morgan fingerprint density at radius 2 is 1.65 bits per heavy atom. The van der Waals surface area contributed by atoms with Crippen LogP contribution in [0.4, 0.5) is 19.3 Å². The first-order chi connectivity index (χ1) is 14.8. The van der Waals surface area contributed by atoms with Crippen molar-refractivity contribution < 1.29 is 23.2 Å². The molecule has 0 spiro atoms. The van der Waals surface area contributed by atoms with Gasteiger partial charge in [-0.15, -0.1) is 0 Å². The molecule has 1 aliphatic heterocycles. The van der Waals surface area contributed by atoms with E-state index >= 15 is 0 Å². The van der Waals surface area contributed by atoms with Crippen LogP contribution in [0.5, 0.6) is 0 Å². The Morgan fingerprint density at radius 1 is 1.03 bits per heavy atom. The van der Waals surface area contributed by atoms with Crippen LogP contribution in [0.2, 0.25) is 0 Å². The number of carbonyl (C=O) groups is 3. The minimum absolute atomic E-state index is 0.0129. The lowest BCUT2D eigenvalue weighted by Gasteiger charge is -2.29. The molecule has 8 nitrogen and oxygen atoms in total. The van der Waals surface area contributed by atoms with Gasteiger partial charge in [0.1, 0.15) is 11.6 Å². The summed E-state index contributed by atoms with van der Waals surface area (Å²) >= 11 is 0. The van der Waals surface area contributed by atoms with Gasteiger partial charge in [0.25, 0.3) is 11.8 Å². The summed E-state index contributed by atoms with van der Waals surface area (Å²) in [5.74, 6) is -3.22. The Bertz CT molecular complexity index is 963. The summed E-state index contributed by atoms with van der Waals surface area (Å²) < 4.78 is 27.2. The molecule has 1 heterocycles. The number of aryl methyl sites for hydroxylation is 1. The van der Waals surface area contributed by atoms with Gasteiger partial charge in [0, 0.05) is 43.5 Å². The van der Waals surface area contributed by atoms with Crippen molar-refractivity contribution in [2.45, 2.75) is 13.1 Å². The lowest BCUT2D eigenvalue weighted by molar-refractivity contribution is -0.127. The summed E-state index contributed by atoms with van der Waals surface area (Å²) in [4.78, 5) is 40.9. The van der Waals surface area contributed by atoms with Crippen molar-refractivity contribution in [2.24, 2.45) is 5.73 Å². The number of rotatable bonds is 5. The number of carbonyl (C=O) groups excluding carboxylic acids is 3. The SMILES string of the molecule is Cc1ccc(NC(=O)N2CCN(C(=O)c3cc(F)cc(F)c3)C2C(=O)NCCN)cc1. The molecule has 0 radical (unpaired) electrons. The summed E-state index contributed by atoms with van der Waals surface area (Å²) in [7, 11) is 0. The van der Waals surface area contributed by atoms with Gasteiger partial charge in [-0.25, -0.2) is 13.6 Å². The Kier molecular flexibility index (Phi) is 6.81. The molecule has 164 valence electrons. The van der Waals surface area contributed by atoms with Crippen LogP contribution in [0.3, 0.4) is 0 Å². The van der Waals surface area contributed by atoms with Gasteiger partial charge in [-0.05, 0) is 31.2 Å². The highest BCUT2D eigenvalue weighted by molar-refractivity contribution is 6.00. The summed E-state index contributed by atoms with van der Waals surface area (Å²) in [6.45, 7) is 2.28. The second kappa shape index (κ2) is 9.52. The third-order valence-corrected chi connectivity index (χ3v) is 4.78. The van der Waals surface area contributed by atoms with Gasteiger partial charge in [0.05, 0.1) is 0 Å². The molecule has 1 unspecified atom stereocenters. The van der Waals surface area contributed by atoms with Crippen molar-refractivity contribution in [3.63, 3.8) is 0 Å². The van der Waals surface area contributed by atoms with E-state index in [0.717, 1.165) is 22.6 Å². The molecule has 4 amide bonds. The van der Waals surface area contributed by atoms with Gasteiger partial charge >= 0.3 is 6.03 Å². The molecular weight excluding hydrogens is 408 g/mol. The Labute approximate surface area is 178 Å². The summed E-state index contributed by atoms with van der Waals surface area (Å²) in [6.07, 6.45) is -1.30. The molecule has 10 heteroatoms. The van der Waals surface area contributed by atoms with Crippen LogP contribution < -0.4 is 16.4 Å². The number of halogens is 2. The molecule has 1 saturated heterocycles. The van der Waals surface area contributed by atoms with E-state index in [1.807, 2.05) is 19.1 Å². The third kappa shape index (κ3) is 5.15. The van der Waals surface area contributed by atoms with Crippen LogP contribution in [-0.4, -0.2) is 60.0 Å². The molecule has 0 aliphatic carbocycles. The first kappa shape index (κ1) is 22.2. The zero-order valence-electron chi connectivity index (χ0n) is 16.9. The molecule has 31 heavy (non-hydrogen) atoms. The number of nitrogens with two attached hydrogens (primary N) is 1. The molecule has 1 aliphatic rings. The van der Waals surface area contributed by atoms with Gasteiger partial charge in [-0.3, -0.25) is 14.5 Å². The maximum atomic E-state index is 13.6. The van der Waals surface area contributed by atoms with E-state index in [1.165, 1.54) is 4.90 Å². The van der Waals surface area contributed by atoms with E-state index in [4.69, 9.17) is 5.73 Å². The van der Waals surface area contributed by atoms with E-state index in [-0.39, 0.29) is 31.7 Å². The monoisotopic (exact) mass is 431 g/mol. The Balaban J connectivity index is 1.85. The molecule has 1 fully saturated rings. The largest absolute Gasteiger partial charge is 0.351 e. The van der Waals surface area contributed by atoms with Crippen molar-refractivity contribution in [2.75, 3.05) is 31.5 Å². The van der Waals surface area contributed by atoms with Crippen molar-refractivity contribution in [1.29, 1.82) is 0 Å². The topological polar surface area (TPSA) is 108 Å². The molecule has 2 aromatic carbocycles. The van der Waals surface area contributed by atoms with Crippen LogP contribution in [0, 0.1) is 18.6 Å². The van der Waals surface area contributed by atoms with Crippen LogP contribution in [0.15, 0.2) is 42.5 Å². The number of nitrogens with one attached hydrogen (secondary N) is 2. The number of hydrogen-bond acceptors (Lipinski definition) is 4. The van der Waals surface area contributed by atoms with E-state index in [0.29, 0.717) is 11.8 Å². The predicted octanol–water partition coefficient (Wildman–Crippen LogP) is 1.66. The average molecular weight is 431 g/mol. The van der Waals surface area contributed by atoms with Gasteiger partial charge in [-0.2, -0.15) is 0 Å². The van der Waals surface area contributed by atoms with Gasteiger partial charge < -0.3 is 21.3 Å². The number of nitrogens with zero attached hydrogens (tertiary/aromatic N) is 2. The number of amides is 4. The normalized spacial score (nSPS) is 15.7. The van der Waals surface area contributed by atoms with Gasteiger partial charge in [0.2, 0.25) is 0 Å². The molecule has 0 saturated carbocycles. The second-order valence-corrected chi connectivity index (χ2v) is 7.10. The van der Waals surface area contributed by atoms with E-state index < -0.39 is 35.6 Å². The minimum Gasteiger partial charge on any atom is -0.351 e. The number of hydrogen-bond donors (Lipinski definition) is 3. The van der Waals surface area contributed by atoms with E-state index in [1.54, 1.807) is 12.1 Å². The van der Waals surface area contributed by atoms with Crippen LogP contribution in [0.1, 0.15) is 15.9 Å². The number of anilines is 1. The Hall–Kier alpha value is -3.53. The zero-order chi connectivity index (χ0) is 22.5. The molecular formula is C21H23F2N5O3. The fourth-order valence-electron chi connectivity index (χ4n) is 3.30. The average Bonchev–Trinajstić information content (AvgIpc) is 3.17. The van der Waals surface area contributed by atoms with Crippen molar-refractivity contribution in [1.82, 2.24) is 15.1 Å². The third-order valence-electron chi connectivity index (χ3n) is 4.78. The second-order valence-electron chi connectivity index (χ2n) is 7.10. The summed E-state index contributed by atoms with van der Waals surface area (Å²) in [5.41, 5.74) is 6.71. The summed E-state index contributed by atoms with van der Waals surface area (Å²) in [6, 6.07) is 8.89. The molecule has 2 aromatic rings. The van der Waals surface area contributed by atoms with Gasteiger partial charge in [0.15, 0.2) is 6.17 Å². The number of benzene rings is 2. The maximum absolute atomic E-state index is 13.6. The smallest absolute Gasteiger partial charge is 0.323 e.